The molecule has 1 saturated heterocycles. The molecule has 1 N–H and O–H groups in total. The first kappa shape index (κ1) is 20.5. The Hall–Kier alpha value is -3.74. The van der Waals surface area contributed by atoms with Gasteiger partial charge in [-0.05, 0) is 41.7 Å². The zero-order chi connectivity index (χ0) is 21.8. The highest BCUT2D eigenvalue weighted by Gasteiger charge is 2.38. The Morgan fingerprint density at radius 2 is 1.90 bits per heavy atom. The van der Waals surface area contributed by atoms with Crippen LogP contribution in [0.15, 0.2) is 54.6 Å². The van der Waals surface area contributed by atoms with Crippen LogP contribution >= 0.6 is 0 Å². The molecule has 31 heavy (non-hydrogen) atoms. The van der Waals surface area contributed by atoms with Gasteiger partial charge < -0.3 is 9.64 Å². The molecule has 2 aromatic rings. The average molecular weight is 418 g/mol. The number of esters is 1. The topological polar surface area (TPSA) is 92.8 Å². The number of fused-ring (bicyclic) bond motifs is 1. The monoisotopic (exact) mass is 418 g/mol. The first-order valence-electron chi connectivity index (χ1n) is 10.2. The van der Waals surface area contributed by atoms with Crippen LogP contribution in [-0.2, 0) is 32.3 Å². The second kappa shape index (κ2) is 8.95. The van der Waals surface area contributed by atoms with E-state index >= 15 is 0 Å². The quantitative estimate of drug-likeness (QED) is 0.458. The molecule has 2 aliphatic heterocycles. The van der Waals surface area contributed by atoms with E-state index in [0.29, 0.717) is 18.4 Å². The van der Waals surface area contributed by atoms with Gasteiger partial charge in [-0.3, -0.25) is 19.7 Å². The summed E-state index contributed by atoms with van der Waals surface area (Å²) in [6, 6.07) is 14.0. The van der Waals surface area contributed by atoms with Gasteiger partial charge in [0.2, 0.25) is 11.8 Å². The van der Waals surface area contributed by atoms with Crippen LogP contribution in [0.25, 0.3) is 6.08 Å². The Morgan fingerprint density at radius 1 is 1.10 bits per heavy atom. The molecular formula is C24H22N2O5. The van der Waals surface area contributed by atoms with Gasteiger partial charge in [-0.15, -0.1) is 0 Å². The highest BCUT2D eigenvalue weighted by atomic mass is 16.5. The molecule has 2 aromatic carbocycles. The number of benzene rings is 2. The van der Waals surface area contributed by atoms with Gasteiger partial charge in [-0.25, -0.2) is 4.79 Å². The summed E-state index contributed by atoms with van der Waals surface area (Å²) in [6.07, 6.45) is 4.22. The molecule has 0 saturated carbocycles. The molecule has 2 aliphatic rings. The molecule has 0 aromatic heterocycles. The molecule has 7 nitrogen and oxygen atoms in total. The Kier molecular flexibility index (Phi) is 5.93. The number of rotatable bonds is 5. The second-order valence-electron chi connectivity index (χ2n) is 7.55. The molecule has 0 radical (unpaired) electrons. The molecule has 4 rings (SSSR count). The summed E-state index contributed by atoms with van der Waals surface area (Å²) in [5.74, 6) is -1.48. The smallest absolute Gasteiger partial charge is 0.331 e. The molecule has 0 aliphatic carbocycles. The fourth-order valence-electron chi connectivity index (χ4n) is 3.89. The largest absolute Gasteiger partial charge is 0.458 e. The number of imide groups is 1. The fraction of sp³-hybridized carbons (Fsp3) is 0.250. The lowest BCUT2D eigenvalue weighted by molar-refractivity contribution is -0.139. The van der Waals surface area contributed by atoms with Crippen LogP contribution in [0.2, 0.25) is 0 Å². The van der Waals surface area contributed by atoms with E-state index < -0.39 is 17.9 Å². The third kappa shape index (κ3) is 4.55. The second-order valence-corrected chi connectivity index (χ2v) is 7.55. The van der Waals surface area contributed by atoms with Crippen LogP contribution in [0, 0.1) is 0 Å². The van der Waals surface area contributed by atoms with E-state index in [1.807, 2.05) is 36.4 Å². The van der Waals surface area contributed by atoms with Crippen molar-refractivity contribution in [3.8, 4) is 0 Å². The van der Waals surface area contributed by atoms with E-state index in [1.54, 1.807) is 18.2 Å². The van der Waals surface area contributed by atoms with E-state index in [-0.39, 0.29) is 31.4 Å². The van der Waals surface area contributed by atoms with E-state index in [1.165, 1.54) is 11.0 Å². The van der Waals surface area contributed by atoms with Crippen molar-refractivity contribution in [1.29, 1.82) is 0 Å². The fourth-order valence-corrected chi connectivity index (χ4v) is 3.89. The summed E-state index contributed by atoms with van der Waals surface area (Å²) in [6.45, 7) is 0.429. The van der Waals surface area contributed by atoms with Gasteiger partial charge in [0, 0.05) is 24.6 Å². The maximum absolute atomic E-state index is 12.9. The number of nitrogens with zero attached hydrogens (tertiary/aromatic N) is 1. The minimum absolute atomic E-state index is 0.179. The van der Waals surface area contributed by atoms with Crippen LogP contribution in [0.1, 0.15) is 46.3 Å². The molecule has 0 bridgehead atoms. The van der Waals surface area contributed by atoms with E-state index in [0.717, 1.165) is 16.7 Å². The minimum atomic E-state index is -0.681. The third-order valence-electron chi connectivity index (χ3n) is 5.48. The number of hydrogen-bond acceptors (Lipinski definition) is 5. The standard InChI is InChI=1S/C24H22N2O5/c27-21-11-5-10-20(23(29)25-21)26-14-19-17(8-4-9-18(19)24(26)30)12-13-22(28)31-15-16-6-2-1-3-7-16/h1-4,6-9,12-13,20H,5,10-11,14-15H2,(H,25,27,29). The van der Waals surface area contributed by atoms with Crippen molar-refractivity contribution >= 4 is 29.8 Å². The highest BCUT2D eigenvalue weighted by Crippen LogP contribution is 2.30. The van der Waals surface area contributed by atoms with Crippen molar-refractivity contribution in [2.45, 2.75) is 38.5 Å². The average Bonchev–Trinajstić information content (AvgIpc) is 3.01. The summed E-state index contributed by atoms with van der Waals surface area (Å²) in [5.41, 5.74) is 2.87. The summed E-state index contributed by atoms with van der Waals surface area (Å²) in [5, 5.41) is 2.35. The zero-order valence-corrected chi connectivity index (χ0v) is 16.9. The molecule has 2 heterocycles. The van der Waals surface area contributed by atoms with Crippen LogP contribution in [0.4, 0.5) is 0 Å². The summed E-state index contributed by atoms with van der Waals surface area (Å²) in [4.78, 5) is 50.5. The Labute approximate surface area is 179 Å². The molecule has 7 heteroatoms. The Balaban J connectivity index is 1.47. The number of amides is 3. The van der Waals surface area contributed by atoms with Crippen molar-refractivity contribution in [1.82, 2.24) is 10.2 Å². The SMILES string of the molecule is O=C1CCCC(N2Cc3c(C=CC(=O)OCc4ccccc4)cccc3C2=O)C(=O)N1. The van der Waals surface area contributed by atoms with Gasteiger partial charge >= 0.3 is 5.97 Å². The van der Waals surface area contributed by atoms with Gasteiger partial charge in [0.05, 0.1) is 0 Å². The molecule has 1 unspecified atom stereocenters. The molecular weight excluding hydrogens is 396 g/mol. The first-order valence-corrected chi connectivity index (χ1v) is 10.2. The van der Waals surface area contributed by atoms with Crippen LogP contribution in [0.5, 0.6) is 0 Å². The number of nitrogens with one attached hydrogen (secondary N) is 1. The molecule has 3 amide bonds. The summed E-state index contributed by atoms with van der Waals surface area (Å²) >= 11 is 0. The number of hydrogen-bond donors (Lipinski definition) is 1. The first-order chi connectivity index (χ1) is 15.0. The predicted octanol–water partition coefficient (Wildman–Crippen LogP) is 2.59. The van der Waals surface area contributed by atoms with E-state index in [4.69, 9.17) is 4.74 Å². The summed E-state index contributed by atoms with van der Waals surface area (Å²) < 4.78 is 5.26. The van der Waals surface area contributed by atoms with Crippen LogP contribution < -0.4 is 5.32 Å². The lowest BCUT2D eigenvalue weighted by Gasteiger charge is -2.24. The minimum Gasteiger partial charge on any atom is -0.458 e. The predicted molar refractivity (Wildman–Crippen MR) is 112 cm³/mol. The van der Waals surface area contributed by atoms with Gasteiger partial charge in [-0.2, -0.15) is 0 Å². The third-order valence-corrected chi connectivity index (χ3v) is 5.48. The Bertz CT molecular complexity index is 1060. The maximum atomic E-state index is 12.9. The molecule has 158 valence electrons. The molecule has 1 fully saturated rings. The normalized spacial score (nSPS) is 18.6. The van der Waals surface area contributed by atoms with Gasteiger partial charge in [0.25, 0.3) is 5.91 Å². The van der Waals surface area contributed by atoms with Gasteiger partial charge in [-0.1, -0.05) is 42.5 Å². The maximum Gasteiger partial charge on any atom is 0.331 e. The van der Waals surface area contributed by atoms with Gasteiger partial charge in [0.15, 0.2) is 0 Å². The molecule has 1 atom stereocenters. The summed E-state index contributed by atoms with van der Waals surface area (Å²) in [7, 11) is 0. The molecule has 0 spiro atoms. The number of carbonyl (C=O) groups excluding carboxylic acids is 4. The van der Waals surface area contributed by atoms with E-state index in [2.05, 4.69) is 5.32 Å². The number of ether oxygens (including phenoxy) is 1. The lowest BCUT2D eigenvalue weighted by atomic mass is 10.0. The zero-order valence-electron chi connectivity index (χ0n) is 16.9. The van der Waals surface area contributed by atoms with Crippen molar-refractivity contribution in [2.75, 3.05) is 0 Å². The highest BCUT2D eigenvalue weighted by molar-refractivity contribution is 6.05. The van der Waals surface area contributed by atoms with Crippen molar-refractivity contribution < 1.29 is 23.9 Å². The van der Waals surface area contributed by atoms with Crippen molar-refractivity contribution in [3.05, 3.63) is 76.9 Å². The van der Waals surface area contributed by atoms with Crippen LogP contribution in [-0.4, -0.2) is 34.6 Å². The Morgan fingerprint density at radius 3 is 2.71 bits per heavy atom. The van der Waals surface area contributed by atoms with E-state index in [9.17, 15) is 19.2 Å². The van der Waals surface area contributed by atoms with Crippen molar-refractivity contribution in [2.24, 2.45) is 0 Å². The van der Waals surface area contributed by atoms with Crippen LogP contribution in [0.3, 0.4) is 0 Å². The lowest BCUT2D eigenvalue weighted by Crippen LogP contribution is -2.46. The van der Waals surface area contributed by atoms with Crippen molar-refractivity contribution in [3.63, 3.8) is 0 Å². The van der Waals surface area contributed by atoms with Gasteiger partial charge in [0.1, 0.15) is 12.6 Å². The number of carbonyl (C=O) groups is 4.